The van der Waals surface area contributed by atoms with E-state index in [0.29, 0.717) is 0 Å². The van der Waals surface area contributed by atoms with Crippen LogP contribution in [0, 0.1) is 13.8 Å². The molecular formula is C30H22O2. The molecule has 0 fully saturated rings. The molecule has 0 unspecified atom stereocenters. The lowest BCUT2D eigenvalue weighted by Gasteiger charge is -2.19. The molecule has 0 saturated carbocycles. The molecule has 0 aliphatic heterocycles. The van der Waals surface area contributed by atoms with E-state index in [9.17, 15) is 0 Å². The summed E-state index contributed by atoms with van der Waals surface area (Å²) in [6.07, 6.45) is 0. The summed E-state index contributed by atoms with van der Waals surface area (Å²) < 4.78 is 12.7. The van der Waals surface area contributed by atoms with Crippen LogP contribution in [0.1, 0.15) is 11.1 Å². The van der Waals surface area contributed by atoms with Gasteiger partial charge in [0.1, 0.15) is 23.0 Å². The molecule has 0 aromatic heterocycles. The summed E-state index contributed by atoms with van der Waals surface area (Å²) in [5.41, 5.74) is 2.40. The number of ether oxygens (including phenoxy) is 2. The van der Waals surface area contributed by atoms with Crippen LogP contribution >= 0.6 is 0 Å². The Balaban J connectivity index is 1.64. The van der Waals surface area contributed by atoms with Gasteiger partial charge in [0.25, 0.3) is 0 Å². The van der Waals surface area contributed by atoms with Crippen LogP contribution in [0.15, 0.2) is 97.1 Å². The minimum Gasteiger partial charge on any atom is -0.457 e. The molecule has 2 heteroatoms. The average Bonchev–Trinajstić information content (AvgIpc) is 2.82. The predicted octanol–water partition coefficient (Wildman–Crippen LogP) is 8.79. The maximum atomic E-state index is 6.34. The highest BCUT2D eigenvalue weighted by Crippen LogP contribution is 2.45. The molecule has 6 rings (SSSR count). The normalized spacial score (nSPS) is 11.4. The molecule has 0 N–H and O–H groups in total. The van der Waals surface area contributed by atoms with Crippen LogP contribution in [0.5, 0.6) is 23.0 Å². The highest BCUT2D eigenvalue weighted by atomic mass is 16.5. The summed E-state index contributed by atoms with van der Waals surface area (Å²) in [5, 5.41) is 7.18. The number of rotatable bonds is 4. The summed E-state index contributed by atoms with van der Waals surface area (Å²) in [6, 6.07) is 33.0. The summed E-state index contributed by atoms with van der Waals surface area (Å²) in [4.78, 5) is 0. The number of hydrogen-bond donors (Lipinski definition) is 0. The molecule has 0 heterocycles. The summed E-state index contributed by atoms with van der Waals surface area (Å²) in [5.74, 6) is 3.43. The van der Waals surface area contributed by atoms with Gasteiger partial charge in [-0.2, -0.15) is 0 Å². The SMILES string of the molecule is Cc1cc(Oc2ccccc2)c2ccc3c(C)cc(Oc4ccccc4)c4ccc1c2c34. The van der Waals surface area contributed by atoms with Crippen molar-refractivity contribution >= 4 is 32.3 Å². The van der Waals surface area contributed by atoms with Crippen LogP contribution in [0.25, 0.3) is 32.3 Å². The Bertz CT molecular complexity index is 1450. The highest BCUT2D eigenvalue weighted by molar-refractivity contribution is 6.26. The third-order valence-corrected chi connectivity index (χ3v) is 6.18. The Morgan fingerprint density at radius 2 is 0.812 bits per heavy atom. The highest BCUT2D eigenvalue weighted by Gasteiger charge is 2.18. The fourth-order valence-electron chi connectivity index (χ4n) is 4.67. The molecular weight excluding hydrogens is 392 g/mol. The van der Waals surface area contributed by atoms with Gasteiger partial charge in [0.2, 0.25) is 0 Å². The molecule has 0 spiro atoms. The largest absolute Gasteiger partial charge is 0.457 e. The zero-order valence-electron chi connectivity index (χ0n) is 18.1. The standard InChI is InChI=1S/C30H22O2/c1-19-17-27(31-21-9-5-3-6-10-21)25-16-14-24-20(2)18-28(32-22-11-7-4-8-12-22)26-15-13-23(19)29(25)30(24)26/h3-18H,1-2H3. The van der Waals surface area contributed by atoms with Crippen molar-refractivity contribution < 1.29 is 9.47 Å². The molecule has 6 aromatic carbocycles. The van der Waals surface area contributed by atoms with Crippen molar-refractivity contribution in [2.45, 2.75) is 13.8 Å². The fourth-order valence-corrected chi connectivity index (χ4v) is 4.67. The molecule has 0 aliphatic rings. The Hall–Kier alpha value is -4.04. The lowest BCUT2D eigenvalue weighted by molar-refractivity contribution is 0.487. The Kier molecular flexibility index (Phi) is 4.26. The monoisotopic (exact) mass is 414 g/mol. The van der Waals surface area contributed by atoms with Crippen LogP contribution in [0.3, 0.4) is 0 Å². The minimum atomic E-state index is 0.839. The lowest BCUT2D eigenvalue weighted by Crippen LogP contribution is -1.94. The first kappa shape index (κ1) is 18.7. The second-order valence-corrected chi connectivity index (χ2v) is 8.28. The van der Waals surface area contributed by atoms with Gasteiger partial charge < -0.3 is 9.47 Å². The van der Waals surface area contributed by atoms with E-state index in [4.69, 9.17) is 9.47 Å². The first-order chi connectivity index (χ1) is 15.7. The van der Waals surface area contributed by atoms with Gasteiger partial charge in [-0.25, -0.2) is 0 Å². The molecule has 0 saturated heterocycles. The third kappa shape index (κ3) is 2.96. The second kappa shape index (κ2) is 7.28. The van der Waals surface area contributed by atoms with E-state index in [0.717, 1.165) is 33.8 Å². The molecule has 0 amide bonds. The number of benzene rings is 6. The van der Waals surface area contributed by atoms with Crippen molar-refractivity contribution in [3.8, 4) is 23.0 Å². The quantitative estimate of drug-likeness (QED) is 0.268. The van der Waals surface area contributed by atoms with Crippen LogP contribution in [-0.4, -0.2) is 0 Å². The van der Waals surface area contributed by atoms with Gasteiger partial charge in [0, 0.05) is 21.5 Å². The van der Waals surface area contributed by atoms with Crippen molar-refractivity contribution in [2.24, 2.45) is 0 Å². The van der Waals surface area contributed by atoms with E-state index in [-0.39, 0.29) is 0 Å². The van der Waals surface area contributed by atoms with Crippen molar-refractivity contribution in [3.63, 3.8) is 0 Å². The maximum Gasteiger partial charge on any atom is 0.135 e. The van der Waals surface area contributed by atoms with Gasteiger partial charge in [-0.1, -0.05) is 48.5 Å². The van der Waals surface area contributed by atoms with Gasteiger partial charge in [-0.05, 0) is 84.3 Å². The van der Waals surface area contributed by atoms with E-state index < -0.39 is 0 Å². The van der Waals surface area contributed by atoms with E-state index >= 15 is 0 Å². The number of hydrogen-bond acceptors (Lipinski definition) is 2. The van der Waals surface area contributed by atoms with Crippen LogP contribution in [-0.2, 0) is 0 Å². The molecule has 154 valence electrons. The molecule has 0 radical (unpaired) electrons. The molecule has 6 aromatic rings. The van der Waals surface area contributed by atoms with E-state index in [2.05, 4.69) is 50.2 Å². The van der Waals surface area contributed by atoms with Gasteiger partial charge in [-0.15, -0.1) is 0 Å². The number of para-hydroxylation sites is 2. The van der Waals surface area contributed by atoms with Gasteiger partial charge in [0.05, 0.1) is 0 Å². The molecule has 32 heavy (non-hydrogen) atoms. The zero-order chi connectivity index (χ0) is 21.7. The Morgan fingerprint density at radius 3 is 1.22 bits per heavy atom. The topological polar surface area (TPSA) is 18.5 Å². The maximum absolute atomic E-state index is 6.34. The first-order valence-electron chi connectivity index (χ1n) is 10.9. The number of aryl methyl sites for hydroxylation is 2. The zero-order valence-corrected chi connectivity index (χ0v) is 18.1. The minimum absolute atomic E-state index is 0.839. The summed E-state index contributed by atoms with van der Waals surface area (Å²) >= 11 is 0. The van der Waals surface area contributed by atoms with E-state index in [1.807, 2.05) is 60.7 Å². The predicted molar refractivity (Wildman–Crippen MR) is 133 cm³/mol. The van der Waals surface area contributed by atoms with Crippen molar-refractivity contribution in [1.82, 2.24) is 0 Å². The average molecular weight is 415 g/mol. The van der Waals surface area contributed by atoms with Gasteiger partial charge >= 0.3 is 0 Å². The summed E-state index contributed by atoms with van der Waals surface area (Å²) in [6.45, 7) is 4.30. The molecule has 0 aliphatic carbocycles. The van der Waals surface area contributed by atoms with E-state index in [1.54, 1.807) is 0 Å². The van der Waals surface area contributed by atoms with E-state index in [1.165, 1.54) is 32.7 Å². The lowest BCUT2D eigenvalue weighted by atomic mass is 9.89. The smallest absolute Gasteiger partial charge is 0.135 e. The van der Waals surface area contributed by atoms with Crippen molar-refractivity contribution in [1.29, 1.82) is 0 Å². The summed E-state index contributed by atoms with van der Waals surface area (Å²) in [7, 11) is 0. The Labute approximate surface area is 187 Å². The fraction of sp³-hybridized carbons (Fsp3) is 0.0667. The van der Waals surface area contributed by atoms with Crippen LogP contribution < -0.4 is 9.47 Å². The van der Waals surface area contributed by atoms with Crippen LogP contribution in [0.4, 0.5) is 0 Å². The molecule has 2 nitrogen and oxygen atoms in total. The van der Waals surface area contributed by atoms with Gasteiger partial charge in [0.15, 0.2) is 0 Å². The second-order valence-electron chi connectivity index (χ2n) is 8.28. The van der Waals surface area contributed by atoms with Crippen molar-refractivity contribution in [3.05, 3.63) is 108 Å². The van der Waals surface area contributed by atoms with Crippen LogP contribution in [0.2, 0.25) is 0 Å². The van der Waals surface area contributed by atoms with Crippen molar-refractivity contribution in [2.75, 3.05) is 0 Å². The third-order valence-electron chi connectivity index (χ3n) is 6.18. The van der Waals surface area contributed by atoms with Gasteiger partial charge in [-0.3, -0.25) is 0 Å². The Morgan fingerprint density at radius 1 is 0.438 bits per heavy atom. The molecule has 0 atom stereocenters. The first-order valence-corrected chi connectivity index (χ1v) is 10.9. The molecule has 0 bridgehead atoms.